The van der Waals surface area contributed by atoms with E-state index in [-0.39, 0.29) is 5.97 Å². The topological polar surface area (TPSA) is 55.0 Å². The summed E-state index contributed by atoms with van der Waals surface area (Å²) in [5.41, 5.74) is 2.25. The lowest BCUT2D eigenvalue weighted by molar-refractivity contribution is 0.0459. The Balaban J connectivity index is 2.16. The molecule has 0 aliphatic heterocycles. The molecule has 1 N–H and O–H groups in total. The first-order valence-electron chi connectivity index (χ1n) is 5.27. The number of ether oxygens (including phenoxy) is 1. The highest BCUT2D eigenvalue weighted by Gasteiger charge is 2.09. The summed E-state index contributed by atoms with van der Waals surface area (Å²) >= 11 is 0. The Morgan fingerprint density at radius 3 is 3.06 bits per heavy atom. The number of carbonyl (C=O) groups is 1. The van der Waals surface area contributed by atoms with Crippen LogP contribution in [-0.4, -0.2) is 22.5 Å². The number of benzene rings is 1. The molecule has 0 radical (unpaired) electrons. The van der Waals surface area contributed by atoms with Crippen LogP contribution in [0.4, 0.5) is 0 Å². The summed E-state index contributed by atoms with van der Waals surface area (Å²) in [6, 6.07) is 5.29. The van der Waals surface area contributed by atoms with Crippen molar-refractivity contribution in [2.75, 3.05) is 6.61 Å². The molecule has 4 heteroatoms. The van der Waals surface area contributed by atoms with Crippen molar-refractivity contribution in [3.63, 3.8) is 0 Å². The molecule has 0 bridgehead atoms. The van der Waals surface area contributed by atoms with Crippen LogP contribution in [0.5, 0.6) is 0 Å². The zero-order valence-electron chi connectivity index (χ0n) is 9.36. The van der Waals surface area contributed by atoms with Gasteiger partial charge in [-0.1, -0.05) is 13.8 Å². The van der Waals surface area contributed by atoms with Gasteiger partial charge in [-0.3, -0.25) is 0 Å². The molecule has 0 saturated carbocycles. The van der Waals surface area contributed by atoms with Gasteiger partial charge >= 0.3 is 5.97 Å². The fraction of sp³-hybridized carbons (Fsp3) is 0.333. The minimum atomic E-state index is -0.287. The highest BCUT2D eigenvalue weighted by molar-refractivity contribution is 5.93. The number of esters is 1. The van der Waals surface area contributed by atoms with Crippen molar-refractivity contribution < 1.29 is 9.53 Å². The molecular weight excluding hydrogens is 204 g/mol. The smallest absolute Gasteiger partial charge is 0.338 e. The zero-order valence-corrected chi connectivity index (χ0v) is 9.36. The number of imidazole rings is 1. The molecule has 1 aromatic carbocycles. The van der Waals surface area contributed by atoms with Crippen molar-refractivity contribution in [1.29, 1.82) is 0 Å². The number of fused-ring (bicyclic) bond motifs is 1. The third-order valence-corrected chi connectivity index (χ3v) is 2.20. The van der Waals surface area contributed by atoms with Crippen LogP contribution >= 0.6 is 0 Å². The highest BCUT2D eigenvalue weighted by atomic mass is 16.5. The first-order chi connectivity index (χ1) is 7.66. The van der Waals surface area contributed by atoms with Crippen LogP contribution in [-0.2, 0) is 4.74 Å². The summed E-state index contributed by atoms with van der Waals surface area (Å²) < 4.78 is 5.14. The number of hydrogen-bond donors (Lipinski definition) is 1. The predicted molar refractivity (Wildman–Crippen MR) is 61.2 cm³/mol. The SMILES string of the molecule is CC(C)COC(=O)c1ccc2nc[nH]c2c1. The minimum Gasteiger partial charge on any atom is -0.462 e. The summed E-state index contributed by atoms with van der Waals surface area (Å²) in [7, 11) is 0. The molecule has 4 nitrogen and oxygen atoms in total. The first-order valence-corrected chi connectivity index (χ1v) is 5.27. The third-order valence-electron chi connectivity index (χ3n) is 2.20. The van der Waals surface area contributed by atoms with Gasteiger partial charge in [-0.15, -0.1) is 0 Å². The van der Waals surface area contributed by atoms with Crippen molar-refractivity contribution in [2.45, 2.75) is 13.8 Å². The number of H-pyrrole nitrogens is 1. The first kappa shape index (κ1) is 10.7. The lowest BCUT2D eigenvalue weighted by Crippen LogP contribution is -2.10. The van der Waals surface area contributed by atoms with Gasteiger partial charge in [0.2, 0.25) is 0 Å². The molecule has 2 rings (SSSR count). The quantitative estimate of drug-likeness (QED) is 0.805. The molecule has 2 aromatic rings. The Labute approximate surface area is 93.6 Å². The number of aromatic amines is 1. The number of nitrogens with zero attached hydrogens (tertiary/aromatic N) is 1. The fourth-order valence-corrected chi connectivity index (χ4v) is 1.39. The number of aromatic nitrogens is 2. The Morgan fingerprint density at radius 1 is 1.50 bits per heavy atom. The van der Waals surface area contributed by atoms with Gasteiger partial charge in [-0.05, 0) is 24.1 Å². The molecule has 0 amide bonds. The zero-order chi connectivity index (χ0) is 11.5. The Bertz CT molecular complexity index is 502. The van der Waals surface area contributed by atoms with Gasteiger partial charge in [-0.25, -0.2) is 9.78 Å². The summed E-state index contributed by atoms with van der Waals surface area (Å²) in [5.74, 6) is 0.0602. The van der Waals surface area contributed by atoms with Crippen LogP contribution in [0.1, 0.15) is 24.2 Å². The second-order valence-corrected chi connectivity index (χ2v) is 4.13. The van der Waals surface area contributed by atoms with Gasteiger partial charge < -0.3 is 9.72 Å². The van der Waals surface area contributed by atoms with Crippen LogP contribution in [0, 0.1) is 5.92 Å². The van der Waals surface area contributed by atoms with E-state index in [0.29, 0.717) is 18.1 Å². The molecule has 0 aliphatic rings. The molecule has 1 heterocycles. The van der Waals surface area contributed by atoms with Gasteiger partial charge in [0.25, 0.3) is 0 Å². The largest absolute Gasteiger partial charge is 0.462 e. The predicted octanol–water partition coefficient (Wildman–Crippen LogP) is 2.38. The minimum absolute atomic E-state index is 0.287. The maximum Gasteiger partial charge on any atom is 0.338 e. The van der Waals surface area contributed by atoms with Crippen molar-refractivity contribution >= 4 is 17.0 Å². The maximum atomic E-state index is 11.7. The van der Waals surface area contributed by atoms with Crippen LogP contribution in [0.25, 0.3) is 11.0 Å². The summed E-state index contributed by atoms with van der Waals surface area (Å²) in [6.07, 6.45) is 1.61. The second kappa shape index (κ2) is 4.35. The highest BCUT2D eigenvalue weighted by Crippen LogP contribution is 2.12. The summed E-state index contributed by atoms with van der Waals surface area (Å²) in [4.78, 5) is 18.7. The third kappa shape index (κ3) is 2.21. The van der Waals surface area contributed by atoms with Crippen LogP contribution in [0.2, 0.25) is 0 Å². The molecule has 0 fully saturated rings. The van der Waals surface area contributed by atoms with E-state index >= 15 is 0 Å². The molecule has 0 saturated heterocycles. The van der Waals surface area contributed by atoms with Crippen LogP contribution in [0.15, 0.2) is 24.5 Å². The van der Waals surface area contributed by atoms with Crippen LogP contribution in [0.3, 0.4) is 0 Å². The standard InChI is InChI=1S/C12H14N2O2/c1-8(2)6-16-12(15)9-3-4-10-11(5-9)14-7-13-10/h3-5,7-8H,6H2,1-2H3,(H,13,14). The molecule has 0 aliphatic carbocycles. The van der Waals surface area contributed by atoms with E-state index in [1.54, 1.807) is 24.5 Å². The van der Waals surface area contributed by atoms with Gasteiger partial charge in [0.05, 0.1) is 29.5 Å². The molecule has 84 valence electrons. The monoisotopic (exact) mass is 218 g/mol. The lowest BCUT2D eigenvalue weighted by atomic mass is 10.2. The molecular formula is C12H14N2O2. The van der Waals surface area contributed by atoms with Crippen molar-refractivity contribution in [1.82, 2.24) is 9.97 Å². The van der Waals surface area contributed by atoms with E-state index in [9.17, 15) is 4.79 Å². The van der Waals surface area contributed by atoms with Gasteiger partial charge in [0.15, 0.2) is 0 Å². The van der Waals surface area contributed by atoms with Gasteiger partial charge in [-0.2, -0.15) is 0 Å². The summed E-state index contributed by atoms with van der Waals surface area (Å²) in [6.45, 7) is 4.45. The Morgan fingerprint density at radius 2 is 2.31 bits per heavy atom. The van der Waals surface area contributed by atoms with Crippen molar-refractivity contribution in [2.24, 2.45) is 5.92 Å². The van der Waals surface area contributed by atoms with E-state index in [0.717, 1.165) is 11.0 Å². The fourth-order valence-electron chi connectivity index (χ4n) is 1.39. The molecule has 0 unspecified atom stereocenters. The Hall–Kier alpha value is -1.84. The second-order valence-electron chi connectivity index (χ2n) is 4.13. The number of hydrogen-bond acceptors (Lipinski definition) is 3. The average molecular weight is 218 g/mol. The van der Waals surface area contributed by atoms with E-state index in [1.165, 1.54) is 0 Å². The van der Waals surface area contributed by atoms with E-state index < -0.39 is 0 Å². The molecule has 16 heavy (non-hydrogen) atoms. The van der Waals surface area contributed by atoms with E-state index in [2.05, 4.69) is 9.97 Å². The van der Waals surface area contributed by atoms with Crippen LogP contribution < -0.4 is 0 Å². The molecule has 0 spiro atoms. The van der Waals surface area contributed by atoms with Crippen molar-refractivity contribution in [3.05, 3.63) is 30.1 Å². The number of nitrogens with one attached hydrogen (secondary N) is 1. The maximum absolute atomic E-state index is 11.7. The average Bonchev–Trinajstić information content (AvgIpc) is 2.72. The number of carbonyl (C=O) groups excluding carboxylic acids is 1. The van der Waals surface area contributed by atoms with E-state index in [4.69, 9.17) is 4.74 Å². The number of rotatable bonds is 3. The lowest BCUT2D eigenvalue weighted by Gasteiger charge is -2.06. The summed E-state index contributed by atoms with van der Waals surface area (Å²) in [5, 5.41) is 0. The molecule has 0 atom stereocenters. The Kier molecular flexibility index (Phi) is 2.90. The van der Waals surface area contributed by atoms with Gasteiger partial charge in [0.1, 0.15) is 0 Å². The molecule has 1 aromatic heterocycles. The van der Waals surface area contributed by atoms with Gasteiger partial charge in [0, 0.05) is 0 Å². The normalized spacial score (nSPS) is 10.9. The van der Waals surface area contributed by atoms with Crippen molar-refractivity contribution in [3.8, 4) is 0 Å². The van der Waals surface area contributed by atoms with E-state index in [1.807, 2.05) is 13.8 Å².